The van der Waals surface area contributed by atoms with Crippen molar-refractivity contribution >= 4 is 39.7 Å². The third kappa shape index (κ3) is 4.78. The van der Waals surface area contributed by atoms with Crippen LogP contribution in [-0.4, -0.2) is 24.2 Å². The van der Waals surface area contributed by atoms with Gasteiger partial charge in [-0.2, -0.15) is 0 Å². The number of hydrogen-bond donors (Lipinski definition) is 2. The SMILES string of the molecule is COc1cc(CNc2ccc3ncnc(Nc4ccc(F)c(Cl)c4)c3c2)cc(OC)c1. The average Bonchev–Trinajstić information content (AvgIpc) is 2.80. The summed E-state index contributed by atoms with van der Waals surface area (Å²) in [6.45, 7) is 0.573. The van der Waals surface area contributed by atoms with Crippen LogP contribution < -0.4 is 20.1 Å². The van der Waals surface area contributed by atoms with E-state index in [2.05, 4.69) is 20.6 Å². The van der Waals surface area contributed by atoms with E-state index in [1.807, 2.05) is 36.4 Å². The summed E-state index contributed by atoms with van der Waals surface area (Å²) in [4.78, 5) is 8.66. The lowest BCUT2D eigenvalue weighted by molar-refractivity contribution is 0.393. The molecule has 1 heterocycles. The molecule has 0 aliphatic rings. The van der Waals surface area contributed by atoms with E-state index >= 15 is 0 Å². The number of fused-ring (bicyclic) bond motifs is 1. The molecular weight excluding hydrogens is 419 g/mol. The molecule has 4 aromatic rings. The zero-order chi connectivity index (χ0) is 21.8. The van der Waals surface area contributed by atoms with E-state index in [1.54, 1.807) is 20.3 Å². The normalized spacial score (nSPS) is 10.7. The van der Waals surface area contributed by atoms with E-state index in [0.29, 0.717) is 18.1 Å². The summed E-state index contributed by atoms with van der Waals surface area (Å²) in [5, 5.41) is 7.44. The van der Waals surface area contributed by atoms with E-state index < -0.39 is 5.82 Å². The second-order valence-corrected chi connectivity index (χ2v) is 7.19. The molecule has 1 aromatic heterocycles. The molecule has 6 nitrogen and oxygen atoms in total. The fourth-order valence-corrected chi connectivity index (χ4v) is 3.33. The molecule has 31 heavy (non-hydrogen) atoms. The van der Waals surface area contributed by atoms with Crippen LogP contribution in [0.25, 0.3) is 10.9 Å². The number of aromatic nitrogens is 2. The molecule has 0 aliphatic heterocycles. The molecule has 0 radical (unpaired) electrons. The first-order chi connectivity index (χ1) is 15.1. The monoisotopic (exact) mass is 438 g/mol. The lowest BCUT2D eigenvalue weighted by atomic mass is 10.1. The van der Waals surface area contributed by atoms with Gasteiger partial charge in [0.1, 0.15) is 29.5 Å². The summed E-state index contributed by atoms with van der Waals surface area (Å²) in [6, 6.07) is 16.0. The summed E-state index contributed by atoms with van der Waals surface area (Å²) in [5.74, 6) is 1.58. The van der Waals surface area contributed by atoms with Crippen molar-refractivity contribution < 1.29 is 13.9 Å². The summed E-state index contributed by atoms with van der Waals surface area (Å²) >= 11 is 5.89. The molecule has 0 bridgehead atoms. The van der Waals surface area contributed by atoms with Crippen LogP contribution >= 0.6 is 11.6 Å². The molecule has 8 heteroatoms. The Balaban J connectivity index is 1.59. The minimum absolute atomic E-state index is 0.0411. The topological polar surface area (TPSA) is 68.3 Å². The van der Waals surface area contributed by atoms with Crippen LogP contribution in [0.2, 0.25) is 5.02 Å². The van der Waals surface area contributed by atoms with Crippen LogP contribution in [0.3, 0.4) is 0 Å². The Morgan fingerprint density at radius 2 is 1.65 bits per heavy atom. The maximum Gasteiger partial charge on any atom is 0.141 e. The van der Waals surface area contributed by atoms with Gasteiger partial charge in [-0.25, -0.2) is 14.4 Å². The van der Waals surface area contributed by atoms with E-state index in [1.165, 1.54) is 18.5 Å². The number of nitrogens with zero attached hydrogens (tertiary/aromatic N) is 2. The molecule has 0 unspecified atom stereocenters. The average molecular weight is 439 g/mol. The minimum atomic E-state index is -0.472. The summed E-state index contributed by atoms with van der Waals surface area (Å²) in [6.07, 6.45) is 1.48. The highest BCUT2D eigenvalue weighted by atomic mass is 35.5. The number of anilines is 3. The number of halogens is 2. The van der Waals surface area contributed by atoms with Crippen LogP contribution in [0.5, 0.6) is 11.5 Å². The number of hydrogen-bond acceptors (Lipinski definition) is 6. The summed E-state index contributed by atoms with van der Waals surface area (Å²) < 4.78 is 24.1. The van der Waals surface area contributed by atoms with Gasteiger partial charge in [-0.05, 0) is 54.1 Å². The predicted molar refractivity (Wildman–Crippen MR) is 121 cm³/mol. The van der Waals surface area contributed by atoms with Gasteiger partial charge in [-0.3, -0.25) is 0 Å². The lowest BCUT2D eigenvalue weighted by Crippen LogP contribution is -2.01. The standard InChI is InChI=1S/C23H20ClFN4O2/c1-30-17-7-14(8-18(11-17)31-2)12-26-15-4-6-22-19(9-15)23(28-13-27-22)29-16-3-5-21(25)20(24)10-16/h3-11,13,26H,12H2,1-2H3,(H,27,28,29). The van der Waals surface area contributed by atoms with Gasteiger partial charge < -0.3 is 20.1 Å². The Kier molecular flexibility index (Phi) is 6.04. The predicted octanol–water partition coefficient (Wildman–Crippen LogP) is 5.80. The smallest absolute Gasteiger partial charge is 0.141 e. The molecule has 0 fully saturated rings. The first-order valence-corrected chi connectivity index (χ1v) is 9.86. The molecular formula is C23H20ClFN4O2. The van der Waals surface area contributed by atoms with Gasteiger partial charge in [-0.1, -0.05) is 11.6 Å². The number of rotatable bonds is 7. The van der Waals surface area contributed by atoms with Crippen molar-refractivity contribution in [2.75, 3.05) is 24.9 Å². The molecule has 0 amide bonds. The molecule has 0 spiro atoms. The van der Waals surface area contributed by atoms with Crippen molar-refractivity contribution in [3.05, 3.63) is 77.3 Å². The van der Waals surface area contributed by atoms with Crippen molar-refractivity contribution in [3.63, 3.8) is 0 Å². The van der Waals surface area contributed by atoms with Crippen LogP contribution in [0.15, 0.2) is 60.9 Å². The Bertz CT molecular complexity index is 1210. The van der Waals surface area contributed by atoms with Gasteiger partial charge in [0.05, 0.1) is 24.8 Å². The minimum Gasteiger partial charge on any atom is -0.497 e. The maximum absolute atomic E-state index is 13.5. The van der Waals surface area contributed by atoms with Gasteiger partial charge >= 0.3 is 0 Å². The molecule has 0 atom stereocenters. The second kappa shape index (κ2) is 9.06. The number of nitrogens with one attached hydrogen (secondary N) is 2. The zero-order valence-corrected chi connectivity index (χ0v) is 17.7. The summed E-state index contributed by atoms with van der Waals surface area (Å²) in [5.41, 5.74) is 3.32. The fraction of sp³-hybridized carbons (Fsp3) is 0.130. The zero-order valence-electron chi connectivity index (χ0n) is 16.9. The quantitative estimate of drug-likeness (QED) is 0.380. The first kappa shape index (κ1) is 20.7. The highest BCUT2D eigenvalue weighted by molar-refractivity contribution is 6.31. The maximum atomic E-state index is 13.5. The first-order valence-electron chi connectivity index (χ1n) is 9.48. The van der Waals surface area contributed by atoms with Gasteiger partial charge in [0.15, 0.2) is 0 Å². The van der Waals surface area contributed by atoms with Gasteiger partial charge in [0, 0.05) is 29.4 Å². The van der Waals surface area contributed by atoms with Crippen LogP contribution in [-0.2, 0) is 6.54 Å². The molecule has 0 saturated heterocycles. The molecule has 2 N–H and O–H groups in total. The van der Waals surface area contributed by atoms with Crippen molar-refractivity contribution in [2.24, 2.45) is 0 Å². The largest absolute Gasteiger partial charge is 0.497 e. The highest BCUT2D eigenvalue weighted by Gasteiger charge is 2.08. The molecule has 4 rings (SSSR count). The van der Waals surface area contributed by atoms with E-state index in [-0.39, 0.29) is 5.02 Å². The van der Waals surface area contributed by atoms with Crippen molar-refractivity contribution in [1.82, 2.24) is 9.97 Å². The third-order valence-corrected chi connectivity index (χ3v) is 5.02. The van der Waals surface area contributed by atoms with Crippen LogP contribution in [0.4, 0.5) is 21.6 Å². The molecule has 3 aromatic carbocycles. The molecule has 158 valence electrons. The Morgan fingerprint density at radius 3 is 2.35 bits per heavy atom. The van der Waals surface area contributed by atoms with Gasteiger partial charge in [0.2, 0.25) is 0 Å². The third-order valence-electron chi connectivity index (χ3n) is 4.73. The second-order valence-electron chi connectivity index (χ2n) is 6.78. The Labute approximate surface area is 184 Å². The Morgan fingerprint density at radius 1 is 0.903 bits per heavy atom. The molecule has 0 saturated carbocycles. The van der Waals surface area contributed by atoms with Crippen LogP contribution in [0, 0.1) is 5.82 Å². The highest BCUT2D eigenvalue weighted by Crippen LogP contribution is 2.28. The van der Waals surface area contributed by atoms with E-state index in [4.69, 9.17) is 21.1 Å². The van der Waals surface area contributed by atoms with Crippen molar-refractivity contribution in [3.8, 4) is 11.5 Å². The molecule has 0 aliphatic carbocycles. The van der Waals surface area contributed by atoms with E-state index in [9.17, 15) is 4.39 Å². The number of ether oxygens (including phenoxy) is 2. The van der Waals surface area contributed by atoms with Crippen LogP contribution in [0.1, 0.15) is 5.56 Å². The fourth-order valence-electron chi connectivity index (χ4n) is 3.15. The van der Waals surface area contributed by atoms with E-state index in [0.717, 1.165) is 33.7 Å². The summed E-state index contributed by atoms with van der Waals surface area (Å²) in [7, 11) is 3.25. The number of methoxy groups -OCH3 is 2. The van der Waals surface area contributed by atoms with Crippen molar-refractivity contribution in [2.45, 2.75) is 6.54 Å². The van der Waals surface area contributed by atoms with Gasteiger partial charge in [0.25, 0.3) is 0 Å². The lowest BCUT2D eigenvalue weighted by Gasteiger charge is -2.12. The Hall–Kier alpha value is -3.58. The van der Waals surface area contributed by atoms with Crippen molar-refractivity contribution in [1.29, 1.82) is 0 Å². The number of benzene rings is 3. The van der Waals surface area contributed by atoms with Gasteiger partial charge in [-0.15, -0.1) is 0 Å².